The van der Waals surface area contributed by atoms with Crippen LogP contribution in [0.5, 0.6) is 0 Å². The van der Waals surface area contributed by atoms with Gasteiger partial charge >= 0.3 is 0 Å². The molecule has 1 aromatic rings. The molecule has 2 aliphatic rings. The molecule has 1 aliphatic heterocycles. The van der Waals surface area contributed by atoms with Crippen LogP contribution in [0.25, 0.3) is 0 Å². The van der Waals surface area contributed by atoms with Crippen molar-refractivity contribution < 1.29 is 4.79 Å². The number of aromatic nitrogens is 1. The molecule has 4 heteroatoms. The summed E-state index contributed by atoms with van der Waals surface area (Å²) in [6.07, 6.45) is 2.97. The summed E-state index contributed by atoms with van der Waals surface area (Å²) in [6, 6.07) is 6.66. The Balaban J connectivity index is 1.65. The standard InChI is InChI=1S/C13H17N3O/c1-9-3-2-4-12(14-9)15-10-7-13(17)16(8-10)11-5-6-11/h2-4,10-11H,5-8H2,1H3,(H,14,15). The van der Waals surface area contributed by atoms with E-state index in [0.29, 0.717) is 12.5 Å². The first-order valence-corrected chi connectivity index (χ1v) is 6.22. The lowest BCUT2D eigenvalue weighted by Gasteiger charge is -2.16. The Morgan fingerprint density at radius 2 is 2.24 bits per heavy atom. The molecule has 0 aromatic carbocycles. The van der Waals surface area contributed by atoms with Crippen molar-refractivity contribution in [2.75, 3.05) is 11.9 Å². The van der Waals surface area contributed by atoms with Gasteiger partial charge in [-0.05, 0) is 31.9 Å². The molecule has 1 atom stereocenters. The van der Waals surface area contributed by atoms with Gasteiger partial charge in [-0.25, -0.2) is 4.98 Å². The molecule has 1 aromatic heterocycles. The first-order valence-electron chi connectivity index (χ1n) is 6.22. The van der Waals surface area contributed by atoms with Crippen molar-refractivity contribution in [2.24, 2.45) is 0 Å². The summed E-state index contributed by atoms with van der Waals surface area (Å²) >= 11 is 0. The third kappa shape index (κ3) is 2.25. The van der Waals surface area contributed by atoms with Gasteiger partial charge in [-0.2, -0.15) is 0 Å². The molecular weight excluding hydrogens is 214 g/mol. The first kappa shape index (κ1) is 10.6. The number of anilines is 1. The predicted molar refractivity (Wildman–Crippen MR) is 65.7 cm³/mol. The van der Waals surface area contributed by atoms with Gasteiger partial charge in [0.25, 0.3) is 0 Å². The minimum atomic E-state index is 0.220. The van der Waals surface area contributed by atoms with Crippen LogP contribution in [0.4, 0.5) is 5.82 Å². The molecule has 2 heterocycles. The number of carbonyl (C=O) groups is 1. The fourth-order valence-corrected chi connectivity index (χ4v) is 2.40. The molecule has 17 heavy (non-hydrogen) atoms. The second-order valence-electron chi connectivity index (χ2n) is 4.99. The van der Waals surface area contributed by atoms with E-state index in [2.05, 4.69) is 10.3 Å². The van der Waals surface area contributed by atoms with E-state index in [1.54, 1.807) is 0 Å². The van der Waals surface area contributed by atoms with Gasteiger partial charge in [-0.15, -0.1) is 0 Å². The topological polar surface area (TPSA) is 45.2 Å². The van der Waals surface area contributed by atoms with E-state index < -0.39 is 0 Å². The number of likely N-dealkylation sites (tertiary alicyclic amines) is 1. The number of aryl methyl sites for hydroxylation is 1. The van der Waals surface area contributed by atoms with E-state index in [1.165, 1.54) is 12.8 Å². The zero-order chi connectivity index (χ0) is 11.8. The van der Waals surface area contributed by atoms with Gasteiger partial charge in [0, 0.05) is 24.7 Å². The van der Waals surface area contributed by atoms with Gasteiger partial charge in [0.05, 0.1) is 6.04 Å². The molecule has 1 amide bonds. The van der Waals surface area contributed by atoms with E-state index in [-0.39, 0.29) is 11.9 Å². The number of carbonyl (C=O) groups excluding carboxylic acids is 1. The van der Waals surface area contributed by atoms with Gasteiger partial charge < -0.3 is 10.2 Å². The van der Waals surface area contributed by atoms with E-state index in [9.17, 15) is 4.79 Å². The SMILES string of the molecule is Cc1cccc(NC2CC(=O)N(C3CC3)C2)n1. The molecule has 0 radical (unpaired) electrons. The fourth-order valence-electron chi connectivity index (χ4n) is 2.40. The minimum Gasteiger partial charge on any atom is -0.365 e. The van der Waals surface area contributed by atoms with E-state index in [4.69, 9.17) is 0 Å². The van der Waals surface area contributed by atoms with Gasteiger partial charge in [0.15, 0.2) is 0 Å². The van der Waals surface area contributed by atoms with Crippen LogP contribution < -0.4 is 5.32 Å². The minimum absolute atomic E-state index is 0.220. The zero-order valence-corrected chi connectivity index (χ0v) is 10.0. The zero-order valence-electron chi connectivity index (χ0n) is 10.0. The van der Waals surface area contributed by atoms with Crippen molar-refractivity contribution in [1.29, 1.82) is 0 Å². The van der Waals surface area contributed by atoms with Crippen LogP contribution in [0.2, 0.25) is 0 Å². The summed E-state index contributed by atoms with van der Waals surface area (Å²) < 4.78 is 0. The summed E-state index contributed by atoms with van der Waals surface area (Å²) in [7, 11) is 0. The number of hydrogen-bond acceptors (Lipinski definition) is 3. The molecule has 1 aliphatic carbocycles. The predicted octanol–water partition coefficient (Wildman–Crippen LogP) is 1.57. The number of pyridine rings is 1. The highest BCUT2D eigenvalue weighted by atomic mass is 16.2. The third-order valence-corrected chi connectivity index (χ3v) is 3.39. The summed E-state index contributed by atoms with van der Waals surface area (Å²) in [5, 5.41) is 3.35. The van der Waals surface area contributed by atoms with E-state index in [0.717, 1.165) is 18.1 Å². The number of nitrogens with one attached hydrogen (secondary N) is 1. The summed E-state index contributed by atoms with van der Waals surface area (Å²) in [4.78, 5) is 18.2. The second-order valence-corrected chi connectivity index (χ2v) is 4.99. The van der Waals surface area contributed by atoms with Gasteiger partial charge in [-0.3, -0.25) is 4.79 Å². The number of nitrogens with zero attached hydrogens (tertiary/aromatic N) is 2. The van der Waals surface area contributed by atoms with Crippen LogP contribution in [0.1, 0.15) is 25.0 Å². The lowest BCUT2D eigenvalue weighted by Crippen LogP contribution is -2.29. The van der Waals surface area contributed by atoms with Crippen molar-refractivity contribution in [1.82, 2.24) is 9.88 Å². The van der Waals surface area contributed by atoms with Crippen LogP contribution in [-0.4, -0.2) is 34.4 Å². The summed E-state index contributed by atoms with van der Waals surface area (Å²) in [5.74, 6) is 1.16. The normalized spacial score (nSPS) is 24.2. The van der Waals surface area contributed by atoms with Gasteiger partial charge in [0.2, 0.25) is 5.91 Å². The molecule has 3 rings (SSSR count). The maximum Gasteiger partial charge on any atom is 0.225 e. The smallest absolute Gasteiger partial charge is 0.225 e. The molecule has 0 spiro atoms. The van der Waals surface area contributed by atoms with Gasteiger partial charge in [-0.1, -0.05) is 6.07 Å². The highest BCUT2D eigenvalue weighted by Crippen LogP contribution is 2.31. The Labute approximate surface area is 101 Å². The van der Waals surface area contributed by atoms with Crippen LogP contribution in [-0.2, 0) is 4.79 Å². The Morgan fingerprint density at radius 1 is 1.41 bits per heavy atom. The molecule has 2 fully saturated rings. The quantitative estimate of drug-likeness (QED) is 0.858. The van der Waals surface area contributed by atoms with Crippen LogP contribution >= 0.6 is 0 Å². The second kappa shape index (κ2) is 4.02. The number of rotatable bonds is 3. The van der Waals surface area contributed by atoms with Crippen LogP contribution in [0.15, 0.2) is 18.2 Å². The number of hydrogen-bond donors (Lipinski definition) is 1. The average Bonchev–Trinajstić information content (AvgIpc) is 3.04. The highest BCUT2D eigenvalue weighted by molar-refractivity contribution is 5.80. The van der Waals surface area contributed by atoms with Crippen LogP contribution in [0, 0.1) is 6.92 Å². The first-order chi connectivity index (χ1) is 8.22. The third-order valence-electron chi connectivity index (χ3n) is 3.39. The van der Waals surface area contributed by atoms with Crippen molar-refractivity contribution >= 4 is 11.7 Å². The molecule has 4 nitrogen and oxygen atoms in total. The largest absolute Gasteiger partial charge is 0.365 e. The van der Waals surface area contributed by atoms with E-state index in [1.807, 2.05) is 30.0 Å². The highest BCUT2D eigenvalue weighted by Gasteiger charge is 2.39. The summed E-state index contributed by atoms with van der Waals surface area (Å²) in [5.41, 5.74) is 0.998. The fraction of sp³-hybridized carbons (Fsp3) is 0.538. The Kier molecular flexibility index (Phi) is 2.50. The molecule has 1 N–H and O–H groups in total. The lowest BCUT2D eigenvalue weighted by atomic mass is 10.2. The van der Waals surface area contributed by atoms with Crippen molar-refractivity contribution in [3.63, 3.8) is 0 Å². The van der Waals surface area contributed by atoms with E-state index >= 15 is 0 Å². The Bertz CT molecular complexity index is 442. The molecule has 90 valence electrons. The molecule has 1 unspecified atom stereocenters. The molecule has 0 bridgehead atoms. The van der Waals surface area contributed by atoms with Crippen molar-refractivity contribution in [2.45, 2.75) is 38.3 Å². The van der Waals surface area contributed by atoms with Crippen LogP contribution in [0.3, 0.4) is 0 Å². The van der Waals surface area contributed by atoms with Crippen molar-refractivity contribution in [3.05, 3.63) is 23.9 Å². The number of amides is 1. The lowest BCUT2D eigenvalue weighted by molar-refractivity contribution is -0.128. The maximum absolute atomic E-state index is 11.8. The molecular formula is C13H17N3O. The average molecular weight is 231 g/mol. The molecule has 1 saturated carbocycles. The summed E-state index contributed by atoms with van der Waals surface area (Å²) in [6.45, 7) is 2.81. The molecule has 1 saturated heterocycles. The Morgan fingerprint density at radius 3 is 2.94 bits per heavy atom. The monoisotopic (exact) mass is 231 g/mol. The van der Waals surface area contributed by atoms with Gasteiger partial charge in [0.1, 0.15) is 5.82 Å². The van der Waals surface area contributed by atoms with Crippen molar-refractivity contribution in [3.8, 4) is 0 Å². The Hall–Kier alpha value is -1.58. The maximum atomic E-state index is 11.8.